The van der Waals surface area contributed by atoms with Gasteiger partial charge in [0.2, 0.25) is 0 Å². The van der Waals surface area contributed by atoms with Gasteiger partial charge in [-0.05, 0) is 49.2 Å². The molecule has 0 radical (unpaired) electrons. The predicted molar refractivity (Wildman–Crippen MR) is 79.3 cm³/mol. The SMILES string of the molecule is Cc1cc(C)cc(Nc2ccc(C(=O)O)cc2[N+](=O)[O-])c1. The van der Waals surface area contributed by atoms with Gasteiger partial charge in [0.25, 0.3) is 5.69 Å². The first kappa shape index (κ1) is 14.5. The number of hydrogen-bond donors (Lipinski definition) is 2. The van der Waals surface area contributed by atoms with Crippen molar-refractivity contribution < 1.29 is 14.8 Å². The molecule has 0 saturated heterocycles. The summed E-state index contributed by atoms with van der Waals surface area (Å²) in [4.78, 5) is 21.4. The second-order valence-electron chi connectivity index (χ2n) is 4.80. The molecule has 0 unspecified atom stereocenters. The van der Waals surface area contributed by atoms with Crippen LogP contribution in [0.2, 0.25) is 0 Å². The van der Waals surface area contributed by atoms with Crippen molar-refractivity contribution in [2.75, 3.05) is 5.32 Å². The molecule has 0 fully saturated rings. The average Bonchev–Trinajstić information content (AvgIpc) is 2.37. The monoisotopic (exact) mass is 286 g/mol. The number of nitro groups is 1. The molecule has 0 saturated carbocycles. The molecule has 6 heteroatoms. The van der Waals surface area contributed by atoms with Crippen LogP contribution >= 0.6 is 0 Å². The van der Waals surface area contributed by atoms with Gasteiger partial charge in [-0.25, -0.2) is 4.79 Å². The highest BCUT2D eigenvalue weighted by Gasteiger charge is 2.17. The summed E-state index contributed by atoms with van der Waals surface area (Å²) in [6, 6.07) is 9.50. The van der Waals surface area contributed by atoms with Crippen LogP contribution in [-0.2, 0) is 0 Å². The molecule has 0 heterocycles. The highest BCUT2D eigenvalue weighted by Crippen LogP contribution is 2.29. The Kier molecular flexibility index (Phi) is 3.89. The minimum Gasteiger partial charge on any atom is -0.478 e. The number of carboxylic acids is 1. The Bertz CT molecular complexity index is 705. The molecule has 0 bridgehead atoms. The van der Waals surface area contributed by atoms with E-state index < -0.39 is 10.9 Å². The van der Waals surface area contributed by atoms with Gasteiger partial charge in [0, 0.05) is 11.8 Å². The standard InChI is InChI=1S/C15H14N2O4/c1-9-5-10(2)7-12(6-9)16-13-4-3-11(15(18)19)8-14(13)17(20)21/h3-8,16H,1-2H3,(H,18,19). The van der Waals surface area contributed by atoms with E-state index in [1.165, 1.54) is 12.1 Å². The molecule has 6 nitrogen and oxygen atoms in total. The van der Waals surface area contributed by atoms with Crippen LogP contribution < -0.4 is 5.32 Å². The highest BCUT2D eigenvalue weighted by molar-refractivity contribution is 5.90. The fourth-order valence-corrected chi connectivity index (χ4v) is 2.12. The predicted octanol–water partition coefficient (Wildman–Crippen LogP) is 3.65. The number of rotatable bonds is 4. The zero-order valence-electron chi connectivity index (χ0n) is 11.6. The Morgan fingerprint density at radius 1 is 1.14 bits per heavy atom. The molecule has 0 atom stereocenters. The van der Waals surface area contributed by atoms with E-state index in [1.54, 1.807) is 0 Å². The molecule has 0 aliphatic heterocycles. The molecule has 2 N–H and O–H groups in total. The van der Waals surface area contributed by atoms with Crippen molar-refractivity contribution in [2.45, 2.75) is 13.8 Å². The number of hydrogen-bond acceptors (Lipinski definition) is 4. The third-order valence-electron chi connectivity index (χ3n) is 2.94. The molecule has 0 aromatic heterocycles. The average molecular weight is 286 g/mol. The van der Waals surface area contributed by atoms with Crippen LogP contribution in [0.15, 0.2) is 36.4 Å². The summed E-state index contributed by atoms with van der Waals surface area (Å²) in [7, 11) is 0. The highest BCUT2D eigenvalue weighted by atomic mass is 16.6. The van der Waals surface area contributed by atoms with Crippen molar-refractivity contribution in [1.82, 2.24) is 0 Å². The van der Waals surface area contributed by atoms with Crippen LogP contribution in [0, 0.1) is 24.0 Å². The Morgan fingerprint density at radius 3 is 2.29 bits per heavy atom. The van der Waals surface area contributed by atoms with E-state index in [2.05, 4.69) is 5.32 Å². The minimum absolute atomic E-state index is 0.118. The fourth-order valence-electron chi connectivity index (χ4n) is 2.12. The van der Waals surface area contributed by atoms with Gasteiger partial charge >= 0.3 is 5.97 Å². The van der Waals surface area contributed by atoms with Crippen molar-refractivity contribution in [2.24, 2.45) is 0 Å². The molecule has 0 aliphatic carbocycles. The van der Waals surface area contributed by atoms with E-state index >= 15 is 0 Å². The number of carbonyl (C=O) groups is 1. The summed E-state index contributed by atoms with van der Waals surface area (Å²) in [5.74, 6) is -1.20. The van der Waals surface area contributed by atoms with Gasteiger partial charge in [-0.3, -0.25) is 10.1 Å². The fraction of sp³-hybridized carbons (Fsp3) is 0.133. The van der Waals surface area contributed by atoms with Gasteiger partial charge in [0.05, 0.1) is 10.5 Å². The first-order chi connectivity index (χ1) is 9.86. The quantitative estimate of drug-likeness (QED) is 0.661. The van der Waals surface area contributed by atoms with E-state index in [-0.39, 0.29) is 16.9 Å². The summed E-state index contributed by atoms with van der Waals surface area (Å²) < 4.78 is 0. The molecular weight excluding hydrogens is 272 g/mol. The number of nitro benzene ring substituents is 1. The minimum atomic E-state index is -1.20. The van der Waals surface area contributed by atoms with Crippen molar-refractivity contribution in [3.05, 3.63) is 63.2 Å². The van der Waals surface area contributed by atoms with Crippen molar-refractivity contribution >= 4 is 23.0 Å². The molecule has 0 spiro atoms. The largest absolute Gasteiger partial charge is 0.478 e. The van der Waals surface area contributed by atoms with Gasteiger partial charge in [0.1, 0.15) is 5.69 Å². The van der Waals surface area contributed by atoms with Crippen molar-refractivity contribution in [3.8, 4) is 0 Å². The number of carboxylic acid groups (broad SMARTS) is 1. The van der Waals surface area contributed by atoms with E-state index in [0.29, 0.717) is 0 Å². The number of nitrogens with zero attached hydrogens (tertiary/aromatic N) is 1. The smallest absolute Gasteiger partial charge is 0.335 e. The van der Waals surface area contributed by atoms with Gasteiger partial charge in [-0.15, -0.1) is 0 Å². The first-order valence-electron chi connectivity index (χ1n) is 6.24. The van der Waals surface area contributed by atoms with Crippen LogP contribution in [0.25, 0.3) is 0 Å². The van der Waals surface area contributed by atoms with Crippen molar-refractivity contribution in [3.63, 3.8) is 0 Å². The van der Waals surface area contributed by atoms with Crippen LogP contribution in [0.1, 0.15) is 21.5 Å². The normalized spacial score (nSPS) is 10.2. The zero-order chi connectivity index (χ0) is 15.6. The number of aryl methyl sites for hydroxylation is 2. The lowest BCUT2D eigenvalue weighted by molar-refractivity contribution is -0.383. The molecule has 0 aliphatic rings. The number of nitrogens with one attached hydrogen (secondary N) is 1. The maximum Gasteiger partial charge on any atom is 0.335 e. The molecule has 2 aromatic carbocycles. The Labute approximate surface area is 121 Å². The van der Waals surface area contributed by atoms with E-state index in [0.717, 1.165) is 22.9 Å². The van der Waals surface area contributed by atoms with E-state index in [1.807, 2.05) is 32.0 Å². The van der Waals surface area contributed by atoms with E-state index in [9.17, 15) is 14.9 Å². The van der Waals surface area contributed by atoms with Gasteiger partial charge in [-0.2, -0.15) is 0 Å². The lowest BCUT2D eigenvalue weighted by Crippen LogP contribution is -2.02. The Hall–Kier alpha value is -2.89. The molecule has 2 aromatic rings. The van der Waals surface area contributed by atoms with Crippen LogP contribution in [0.4, 0.5) is 17.1 Å². The zero-order valence-corrected chi connectivity index (χ0v) is 11.6. The summed E-state index contributed by atoms with van der Waals surface area (Å²) in [6.45, 7) is 3.86. The number of aromatic carboxylic acids is 1. The summed E-state index contributed by atoms with van der Waals surface area (Å²) in [5.41, 5.74) is 2.65. The molecule has 2 rings (SSSR count). The second-order valence-corrected chi connectivity index (χ2v) is 4.80. The summed E-state index contributed by atoms with van der Waals surface area (Å²) in [6.07, 6.45) is 0. The number of anilines is 2. The van der Waals surface area contributed by atoms with Gasteiger partial charge in [-0.1, -0.05) is 6.07 Å². The Balaban J connectivity index is 2.43. The summed E-state index contributed by atoms with van der Waals surface area (Å²) >= 11 is 0. The maximum absolute atomic E-state index is 11.1. The second kappa shape index (κ2) is 5.62. The van der Waals surface area contributed by atoms with Crippen LogP contribution in [0.5, 0.6) is 0 Å². The lowest BCUT2D eigenvalue weighted by Gasteiger charge is -2.09. The molecule has 21 heavy (non-hydrogen) atoms. The van der Waals surface area contributed by atoms with E-state index in [4.69, 9.17) is 5.11 Å². The lowest BCUT2D eigenvalue weighted by atomic mass is 10.1. The van der Waals surface area contributed by atoms with Crippen LogP contribution in [0.3, 0.4) is 0 Å². The van der Waals surface area contributed by atoms with Gasteiger partial charge < -0.3 is 10.4 Å². The first-order valence-corrected chi connectivity index (χ1v) is 6.24. The Morgan fingerprint density at radius 2 is 1.76 bits per heavy atom. The molecule has 108 valence electrons. The third-order valence-corrected chi connectivity index (χ3v) is 2.94. The third kappa shape index (κ3) is 3.36. The molecular formula is C15H14N2O4. The number of benzene rings is 2. The topological polar surface area (TPSA) is 92.5 Å². The summed E-state index contributed by atoms with van der Waals surface area (Å²) in [5, 5.41) is 23.0. The van der Waals surface area contributed by atoms with Crippen LogP contribution in [-0.4, -0.2) is 16.0 Å². The van der Waals surface area contributed by atoms with Crippen molar-refractivity contribution in [1.29, 1.82) is 0 Å². The maximum atomic E-state index is 11.1. The van der Waals surface area contributed by atoms with Gasteiger partial charge in [0.15, 0.2) is 0 Å². The molecule has 0 amide bonds.